The minimum atomic E-state index is -0.370. The van der Waals surface area contributed by atoms with Crippen molar-refractivity contribution in [2.75, 3.05) is 31.5 Å². The fourth-order valence-electron chi connectivity index (χ4n) is 4.06. The molecule has 2 aliphatic rings. The average molecular weight is 403 g/mol. The largest absolute Gasteiger partial charge is 0.337 e. The number of amides is 3. The van der Waals surface area contributed by atoms with Gasteiger partial charge >= 0.3 is 6.03 Å². The number of benzene rings is 1. The van der Waals surface area contributed by atoms with E-state index >= 15 is 0 Å². The Bertz CT molecular complexity index is 842. The molecule has 7 nitrogen and oxygen atoms in total. The van der Waals surface area contributed by atoms with E-state index in [0.717, 1.165) is 25.7 Å². The van der Waals surface area contributed by atoms with Crippen LogP contribution in [0.2, 0.25) is 0 Å². The number of nitrogens with zero attached hydrogens (tertiary/aromatic N) is 4. The van der Waals surface area contributed by atoms with Crippen LogP contribution in [-0.2, 0) is 0 Å². The number of rotatable bonds is 2. The van der Waals surface area contributed by atoms with Gasteiger partial charge in [-0.3, -0.25) is 4.79 Å². The Kier molecular flexibility index (Phi) is 5.25. The fraction of sp³-hybridized carbons (Fsp3) is 0.474. The zero-order chi connectivity index (χ0) is 19.6. The number of carbonyl (C=O) groups excluding carboxylic acids is 2. The second-order valence-corrected chi connectivity index (χ2v) is 8.12. The summed E-state index contributed by atoms with van der Waals surface area (Å²) in [5.74, 6) is -0.416. The Morgan fingerprint density at radius 2 is 1.75 bits per heavy atom. The third kappa shape index (κ3) is 3.99. The molecule has 2 fully saturated rings. The molecular weight excluding hydrogens is 381 g/mol. The first-order valence-corrected chi connectivity index (χ1v) is 10.3. The van der Waals surface area contributed by atoms with Gasteiger partial charge in [0, 0.05) is 37.2 Å². The van der Waals surface area contributed by atoms with Crippen LogP contribution in [0.4, 0.5) is 14.9 Å². The highest BCUT2D eigenvalue weighted by atomic mass is 32.1. The molecular formula is C19H22FN5O2S. The lowest BCUT2D eigenvalue weighted by Crippen LogP contribution is -2.50. The molecule has 3 heterocycles. The summed E-state index contributed by atoms with van der Waals surface area (Å²) in [5.41, 5.74) is 1.07. The summed E-state index contributed by atoms with van der Waals surface area (Å²) in [6, 6.07) is 5.73. The Hall–Kier alpha value is -2.55. The van der Waals surface area contributed by atoms with Crippen molar-refractivity contribution in [3.05, 3.63) is 41.2 Å². The molecule has 1 spiro atoms. The van der Waals surface area contributed by atoms with Crippen molar-refractivity contribution in [2.24, 2.45) is 5.41 Å². The Balaban J connectivity index is 1.28. The van der Waals surface area contributed by atoms with E-state index in [-0.39, 0.29) is 23.2 Å². The van der Waals surface area contributed by atoms with Gasteiger partial charge in [0.05, 0.1) is 0 Å². The number of urea groups is 1. The summed E-state index contributed by atoms with van der Waals surface area (Å²) in [6.07, 6.45) is 3.72. The van der Waals surface area contributed by atoms with Crippen molar-refractivity contribution in [2.45, 2.75) is 25.7 Å². The van der Waals surface area contributed by atoms with Crippen LogP contribution in [0.5, 0.6) is 0 Å². The highest BCUT2D eigenvalue weighted by Crippen LogP contribution is 2.41. The maximum absolute atomic E-state index is 13.3. The lowest BCUT2D eigenvalue weighted by atomic mass is 9.71. The minimum absolute atomic E-state index is 0.0458. The smallest absolute Gasteiger partial charge is 0.321 e. The van der Waals surface area contributed by atoms with Gasteiger partial charge in [0.25, 0.3) is 5.91 Å². The number of anilines is 1. The van der Waals surface area contributed by atoms with Crippen molar-refractivity contribution in [3.63, 3.8) is 0 Å². The zero-order valence-corrected chi connectivity index (χ0v) is 16.3. The van der Waals surface area contributed by atoms with Crippen LogP contribution in [-0.4, -0.2) is 57.5 Å². The van der Waals surface area contributed by atoms with E-state index in [4.69, 9.17) is 0 Å². The Morgan fingerprint density at radius 1 is 1.07 bits per heavy atom. The normalized spacial score (nSPS) is 18.9. The summed E-state index contributed by atoms with van der Waals surface area (Å²) in [5, 5.41) is 8.31. The van der Waals surface area contributed by atoms with Gasteiger partial charge in [-0.1, -0.05) is 10.6 Å². The van der Waals surface area contributed by atoms with E-state index in [1.165, 1.54) is 23.7 Å². The number of hydrogen-bond acceptors (Lipinski definition) is 5. The lowest BCUT2D eigenvalue weighted by Gasteiger charge is -2.46. The summed E-state index contributed by atoms with van der Waals surface area (Å²) in [6.45, 7) is 2.77. The predicted molar refractivity (Wildman–Crippen MR) is 104 cm³/mol. The van der Waals surface area contributed by atoms with Gasteiger partial charge in [0.2, 0.25) is 0 Å². The minimum Gasteiger partial charge on any atom is -0.337 e. The van der Waals surface area contributed by atoms with E-state index in [1.54, 1.807) is 22.4 Å². The molecule has 0 saturated carbocycles. The molecule has 4 rings (SSSR count). The molecule has 0 aliphatic carbocycles. The number of hydrogen-bond donors (Lipinski definition) is 1. The maximum Gasteiger partial charge on any atom is 0.321 e. The molecule has 0 radical (unpaired) electrons. The van der Waals surface area contributed by atoms with E-state index < -0.39 is 0 Å². The van der Waals surface area contributed by atoms with Crippen LogP contribution < -0.4 is 5.32 Å². The number of likely N-dealkylation sites (tertiary alicyclic amines) is 2. The van der Waals surface area contributed by atoms with E-state index in [9.17, 15) is 14.0 Å². The molecule has 0 atom stereocenters. The van der Waals surface area contributed by atoms with Crippen LogP contribution in [0.25, 0.3) is 0 Å². The molecule has 0 unspecified atom stereocenters. The van der Waals surface area contributed by atoms with Gasteiger partial charge in [-0.2, -0.15) is 0 Å². The summed E-state index contributed by atoms with van der Waals surface area (Å²) in [7, 11) is 0. The van der Waals surface area contributed by atoms with Gasteiger partial charge in [-0.05, 0) is 60.8 Å². The molecule has 9 heteroatoms. The second-order valence-electron chi connectivity index (χ2n) is 7.51. The van der Waals surface area contributed by atoms with Crippen molar-refractivity contribution in [1.82, 2.24) is 19.4 Å². The second kappa shape index (κ2) is 7.83. The highest BCUT2D eigenvalue weighted by Gasteiger charge is 2.39. The first-order chi connectivity index (χ1) is 13.5. The SMILES string of the molecule is O=C(Nc1cccc(F)c1)N1CCC2(CC1)CCN(C(=O)c1csnn1)CC2. The van der Waals surface area contributed by atoms with E-state index in [0.29, 0.717) is 37.6 Å². The maximum atomic E-state index is 13.3. The molecule has 148 valence electrons. The summed E-state index contributed by atoms with van der Waals surface area (Å²) >= 11 is 1.18. The summed E-state index contributed by atoms with van der Waals surface area (Å²) in [4.78, 5) is 28.5. The van der Waals surface area contributed by atoms with Gasteiger partial charge in [-0.15, -0.1) is 5.10 Å². The molecule has 1 N–H and O–H groups in total. The third-order valence-electron chi connectivity index (χ3n) is 5.88. The number of carbonyl (C=O) groups is 2. The molecule has 2 saturated heterocycles. The number of piperidine rings is 2. The topological polar surface area (TPSA) is 78.4 Å². The number of nitrogens with one attached hydrogen (secondary N) is 1. The molecule has 28 heavy (non-hydrogen) atoms. The highest BCUT2D eigenvalue weighted by molar-refractivity contribution is 7.03. The van der Waals surface area contributed by atoms with Crippen LogP contribution in [0.1, 0.15) is 36.2 Å². The predicted octanol–water partition coefficient (Wildman–Crippen LogP) is 3.23. The quantitative estimate of drug-likeness (QED) is 0.835. The molecule has 2 aromatic rings. The number of aromatic nitrogens is 2. The van der Waals surface area contributed by atoms with Crippen molar-refractivity contribution in [1.29, 1.82) is 0 Å². The lowest BCUT2D eigenvalue weighted by molar-refractivity contribution is 0.0376. The number of halogens is 1. The fourth-order valence-corrected chi connectivity index (χ4v) is 4.49. The van der Waals surface area contributed by atoms with Crippen LogP contribution >= 0.6 is 11.5 Å². The molecule has 0 bridgehead atoms. The van der Waals surface area contributed by atoms with Crippen molar-refractivity contribution in [3.8, 4) is 0 Å². The van der Waals surface area contributed by atoms with Gasteiger partial charge < -0.3 is 15.1 Å². The van der Waals surface area contributed by atoms with Gasteiger partial charge in [0.1, 0.15) is 5.82 Å². The van der Waals surface area contributed by atoms with E-state index in [2.05, 4.69) is 14.9 Å². The van der Waals surface area contributed by atoms with Crippen LogP contribution in [0, 0.1) is 11.2 Å². The molecule has 3 amide bonds. The Morgan fingerprint density at radius 3 is 2.36 bits per heavy atom. The first kappa shape index (κ1) is 18.8. The average Bonchev–Trinajstić information content (AvgIpc) is 3.23. The molecule has 2 aliphatic heterocycles. The van der Waals surface area contributed by atoms with Crippen molar-refractivity contribution < 1.29 is 14.0 Å². The van der Waals surface area contributed by atoms with Crippen molar-refractivity contribution >= 4 is 29.2 Å². The third-order valence-corrected chi connectivity index (χ3v) is 6.38. The first-order valence-electron chi connectivity index (χ1n) is 9.43. The molecule has 1 aromatic carbocycles. The monoisotopic (exact) mass is 403 g/mol. The van der Waals surface area contributed by atoms with Crippen LogP contribution in [0.3, 0.4) is 0 Å². The standard InChI is InChI=1S/C19H22FN5O2S/c20-14-2-1-3-15(12-14)21-18(27)25-10-6-19(7-11-25)4-8-24(9-5-19)17(26)16-13-28-23-22-16/h1-3,12-13H,4-11H2,(H,21,27). The summed E-state index contributed by atoms with van der Waals surface area (Å²) < 4.78 is 17.0. The van der Waals surface area contributed by atoms with E-state index in [1.807, 2.05) is 4.90 Å². The van der Waals surface area contributed by atoms with Gasteiger partial charge in [0.15, 0.2) is 5.69 Å². The van der Waals surface area contributed by atoms with Crippen LogP contribution in [0.15, 0.2) is 29.6 Å². The Labute approximate surface area is 166 Å². The van der Waals surface area contributed by atoms with Gasteiger partial charge in [-0.25, -0.2) is 9.18 Å². The zero-order valence-electron chi connectivity index (χ0n) is 15.4. The molecule has 1 aromatic heterocycles.